The molecule has 0 aromatic carbocycles. The third-order valence-corrected chi connectivity index (χ3v) is 6.50. The zero-order valence-corrected chi connectivity index (χ0v) is 21.7. The Kier molecular flexibility index (Phi) is 27.0. The molecule has 0 bridgehead atoms. The number of carbonyl (C=O) groups excluding carboxylic acids is 1. The molecule has 0 radical (unpaired) electrons. The molecule has 0 amide bonds. The van der Waals surface area contributed by atoms with Crippen molar-refractivity contribution in [2.45, 2.75) is 174 Å². The average molecular weight is 439 g/mol. The molecule has 31 heavy (non-hydrogen) atoms. The summed E-state index contributed by atoms with van der Waals surface area (Å²) in [5, 5.41) is 0. The quantitative estimate of drug-likeness (QED) is 0.0991. The van der Waals surface area contributed by atoms with Gasteiger partial charge in [0.15, 0.2) is 0 Å². The summed E-state index contributed by atoms with van der Waals surface area (Å²) in [6, 6.07) is 0. The summed E-state index contributed by atoms with van der Waals surface area (Å²) >= 11 is 0. The van der Waals surface area contributed by atoms with Gasteiger partial charge in [-0.25, -0.2) is 0 Å². The fourth-order valence-corrected chi connectivity index (χ4v) is 4.31. The van der Waals surface area contributed by atoms with Crippen LogP contribution in [0.2, 0.25) is 0 Å². The molecule has 0 aromatic heterocycles. The molecule has 0 heterocycles. The summed E-state index contributed by atoms with van der Waals surface area (Å²) in [4.78, 5) is 11.8. The van der Waals surface area contributed by atoms with Gasteiger partial charge in [-0.2, -0.15) is 0 Å². The zero-order chi connectivity index (χ0) is 22.7. The lowest BCUT2D eigenvalue weighted by Gasteiger charge is -2.06. The minimum absolute atomic E-state index is 0.0225. The first kappa shape index (κ1) is 30.5. The summed E-state index contributed by atoms with van der Waals surface area (Å²) < 4.78 is 5.38. The highest BCUT2D eigenvalue weighted by molar-refractivity contribution is 5.69. The first-order valence-electron chi connectivity index (χ1n) is 14.5. The molecule has 0 aliphatic heterocycles. The van der Waals surface area contributed by atoms with Crippen molar-refractivity contribution in [3.63, 3.8) is 0 Å². The van der Waals surface area contributed by atoms with E-state index in [2.05, 4.69) is 13.8 Å². The van der Waals surface area contributed by atoms with Crippen LogP contribution in [0.3, 0.4) is 0 Å². The second-order valence-corrected chi connectivity index (χ2v) is 9.75. The van der Waals surface area contributed by atoms with Crippen LogP contribution in [-0.4, -0.2) is 12.6 Å². The molecular weight excluding hydrogens is 380 g/mol. The van der Waals surface area contributed by atoms with Crippen LogP contribution in [0.15, 0.2) is 0 Å². The van der Waals surface area contributed by atoms with Gasteiger partial charge < -0.3 is 4.74 Å². The second kappa shape index (κ2) is 27.5. The Labute approximate surface area is 196 Å². The van der Waals surface area contributed by atoms with Crippen LogP contribution in [0.25, 0.3) is 0 Å². The molecule has 0 aromatic rings. The minimum Gasteiger partial charge on any atom is -0.466 e. The van der Waals surface area contributed by atoms with E-state index in [4.69, 9.17) is 4.74 Å². The predicted molar refractivity (Wildman–Crippen MR) is 138 cm³/mol. The van der Waals surface area contributed by atoms with Crippen LogP contribution in [0, 0.1) is 0 Å². The van der Waals surface area contributed by atoms with Gasteiger partial charge >= 0.3 is 5.97 Å². The molecule has 0 aliphatic rings. The van der Waals surface area contributed by atoms with Gasteiger partial charge in [-0.05, 0) is 12.8 Å². The molecule has 0 aliphatic carbocycles. The van der Waals surface area contributed by atoms with E-state index >= 15 is 0 Å². The highest BCUT2D eigenvalue weighted by Crippen LogP contribution is 2.14. The summed E-state index contributed by atoms with van der Waals surface area (Å²) in [5.41, 5.74) is 0. The van der Waals surface area contributed by atoms with E-state index in [-0.39, 0.29) is 5.97 Å². The third-order valence-electron chi connectivity index (χ3n) is 6.50. The number of unbranched alkanes of at least 4 members (excludes halogenated alkanes) is 22. The van der Waals surface area contributed by atoms with E-state index in [1.807, 2.05) is 0 Å². The van der Waals surface area contributed by atoms with E-state index in [0.29, 0.717) is 13.0 Å². The molecule has 0 atom stereocenters. The lowest BCUT2D eigenvalue weighted by atomic mass is 10.0. The van der Waals surface area contributed by atoms with E-state index in [1.165, 1.54) is 141 Å². The Morgan fingerprint density at radius 2 is 0.710 bits per heavy atom. The molecule has 0 unspecified atom stereocenters. The number of rotatable bonds is 26. The zero-order valence-electron chi connectivity index (χ0n) is 21.7. The number of ether oxygens (including phenoxy) is 1. The van der Waals surface area contributed by atoms with Crippen molar-refractivity contribution in [2.24, 2.45) is 0 Å². The first-order chi connectivity index (χ1) is 15.3. The maximum atomic E-state index is 11.8. The minimum atomic E-state index is 0.0225. The van der Waals surface area contributed by atoms with Gasteiger partial charge in [0.1, 0.15) is 0 Å². The van der Waals surface area contributed by atoms with Crippen LogP contribution >= 0.6 is 0 Å². The fraction of sp³-hybridized carbons (Fsp3) is 0.966. The monoisotopic (exact) mass is 438 g/mol. The van der Waals surface area contributed by atoms with Crippen LogP contribution in [0.5, 0.6) is 0 Å². The van der Waals surface area contributed by atoms with Gasteiger partial charge in [0, 0.05) is 6.42 Å². The van der Waals surface area contributed by atoms with E-state index < -0.39 is 0 Å². The molecule has 0 spiro atoms. The van der Waals surface area contributed by atoms with Crippen LogP contribution in [0.1, 0.15) is 174 Å². The number of esters is 1. The van der Waals surface area contributed by atoms with Gasteiger partial charge in [0.05, 0.1) is 6.61 Å². The maximum absolute atomic E-state index is 11.8. The van der Waals surface area contributed by atoms with Crippen molar-refractivity contribution in [3.05, 3.63) is 0 Å². The molecule has 0 saturated carbocycles. The highest BCUT2D eigenvalue weighted by Gasteiger charge is 2.02. The predicted octanol–water partition coefficient (Wildman–Crippen LogP) is 10.3. The van der Waals surface area contributed by atoms with Crippen molar-refractivity contribution in [1.82, 2.24) is 0 Å². The van der Waals surface area contributed by atoms with Crippen LogP contribution < -0.4 is 0 Å². The van der Waals surface area contributed by atoms with Crippen LogP contribution in [-0.2, 0) is 9.53 Å². The number of carbonyl (C=O) groups is 1. The van der Waals surface area contributed by atoms with Crippen LogP contribution in [0.4, 0.5) is 0 Å². The molecular formula is C29H58O2. The van der Waals surface area contributed by atoms with E-state index in [0.717, 1.165) is 12.8 Å². The van der Waals surface area contributed by atoms with Gasteiger partial charge in [-0.3, -0.25) is 4.79 Å². The van der Waals surface area contributed by atoms with E-state index in [1.54, 1.807) is 0 Å². The third kappa shape index (κ3) is 27.4. The SMILES string of the molecule is CCCCCCCCCCCCCCCCCC(=O)OCCCCCCCCCCC. The van der Waals surface area contributed by atoms with Gasteiger partial charge in [-0.1, -0.05) is 155 Å². The van der Waals surface area contributed by atoms with Crippen molar-refractivity contribution in [3.8, 4) is 0 Å². The molecule has 2 heteroatoms. The molecule has 0 rings (SSSR count). The lowest BCUT2D eigenvalue weighted by molar-refractivity contribution is -0.143. The highest BCUT2D eigenvalue weighted by atomic mass is 16.5. The van der Waals surface area contributed by atoms with Crippen molar-refractivity contribution in [2.75, 3.05) is 6.61 Å². The Morgan fingerprint density at radius 3 is 1.06 bits per heavy atom. The number of hydrogen-bond acceptors (Lipinski definition) is 2. The average Bonchev–Trinajstić information content (AvgIpc) is 2.77. The second-order valence-electron chi connectivity index (χ2n) is 9.75. The Balaban J connectivity index is 3.13. The molecule has 2 nitrogen and oxygen atoms in total. The van der Waals surface area contributed by atoms with Gasteiger partial charge in [0.25, 0.3) is 0 Å². The largest absolute Gasteiger partial charge is 0.466 e. The molecule has 0 N–H and O–H groups in total. The summed E-state index contributed by atoms with van der Waals surface area (Å²) in [6.45, 7) is 5.18. The maximum Gasteiger partial charge on any atom is 0.305 e. The first-order valence-corrected chi connectivity index (χ1v) is 14.5. The standard InChI is InChI=1S/C29H58O2/c1-3-5-7-9-11-13-14-15-16-17-18-19-21-23-25-27-29(30)31-28-26-24-22-20-12-10-8-6-4-2/h3-28H2,1-2H3. The van der Waals surface area contributed by atoms with Gasteiger partial charge in [0.2, 0.25) is 0 Å². The molecule has 186 valence electrons. The van der Waals surface area contributed by atoms with E-state index in [9.17, 15) is 4.79 Å². The lowest BCUT2D eigenvalue weighted by Crippen LogP contribution is -2.05. The fourth-order valence-electron chi connectivity index (χ4n) is 4.31. The summed E-state index contributed by atoms with van der Waals surface area (Å²) in [7, 11) is 0. The Morgan fingerprint density at radius 1 is 0.419 bits per heavy atom. The summed E-state index contributed by atoms with van der Waals surface area (Å²) in [5.74, 6) is 0.0225. The molecule has 0 fully saturated rings. The molecule has 0 saturated heterocycles. The van der Waals surface area contributed by atoms with Crippen molar-refractivity contribution < 1.29 is 9.53 Å². The smallest absolute Gasteiger partial charge is 0.305 e. The number of hydrogen-bond donors (Lipinski definition) is 0. The summed E-state index contributed by atoms with van der Waals surface area (Å²) in [6.07, 6.45) is 32.8. The topological polar surface area (TPSA) is 26.3 Å². The van der Waals surface area contributed by atoms with Gasteiger partial charge in [-0.15, -0.1) is 0 Å². The Bertz CT molecular complexity index is 340. The Hall–Kier alpha value is -0.530. The van der Waals surface area contributed by atoms with Crippen molar-refractivity contribution >= 4 is 5.97 Å². The normalized spacial score (nSPS) is 11.2. The van der Waals surface area contributed by atoms with Crippen molar-refractivity contribution in [1.29, 1.82) is 0 Å².